The Morgan fingerprint density at radius 3 is 2.71 bits per heavy atom. The van der Waals surface area contributed by atoms with Gasteiger partial charge in [-0.05, 0) is 18.4 Å². The number of halogens is 1. The van der Waals surface area contributed by atoms with Crippen molar-refractivity contribution in [2.45, 2.75) is 19.4 Å². The summed E-state index contributed by atoms with van der Waals surface area (Å²) in [6.07, 6.45) is 3.95. The number of piperidine rings is 1. The Labute approximate surface area is 122 Å². The molecule has 6 heteroatoms. The molecule has 0 amide bonds. The van der Waals surface area contributed by atoms with E-state index in [0.717, 1.165) is 13.0 Å². The second-order valence-electron chi connectivity index (χ2n) is 5.63. The number of nitriles is 1. The van der Waals surface area contributed by atoms with Crippen LogP contribution < -0.4 is 10.6 Å². The molecule has 1 aliphatic heterocycles. The zero-order valence-corrected chi connectivity index (χ0v) is 11.8. The molecule has 21 heavy (non-hydrogen) atoms. The Kier molecular flexibility index (Phi) is 3.43. The minimum Gasteiger partial charge on any atom is -0.366 e. The average molecular weight is 285 g/mol. The van der Waals surface area contributed by atoms with Crippen molar-refractivity contribution in [1.82, 2.24) is 9.97 Å². The van der Waals surface area contributed by atoms with E-state index < -0.39 is 5.82 Å². The molecule has 1 aromatic heterocycles. The van der Waals surface area contributed by atoms with E-state index in [-0.39, 0.29) is 11.6 Å². The molecule has 3 rings (SSSR count). The number of nitrogens with two attached hydrogens (primary N) is 1. The normalized spacial score (nSPS) is 22.3. The second kappa shape index (κ2) is 5.26. The molecule has 108 valence electrons. The predicted molar refractivity (Wildman–Crippen MR) is 78.2 cm³/mol. The first-order valence-electron chi connectivity index (χ1n) is 6.94. The van der Waals surface area contributed by atoms with Gasteiger partial charge in [0.15, 0.2) is 0 Å². The minimum atomic E-state index is -0.444. The summed E-state index contributed by atoms with van der Waals surface area (Å²) in [6.45, 7) is 3.41. The Balaban J connectivity index is 2.19. The summed E-state index contributed by atoms with van der Waals surface area (Å²) >= 11 is 0. The van der Waals surface area contributed by atoms with Crippen molar-refractivity contribution in [3.63, 3.8) is 0 Å². The van der Waals surface area contributed by atoms with E-state index in [1.54, 1.807) is 0 Å². The van der Waals surface area contributed by atoms with Gasteiger partial charge in [-0.25, -0.2) is 4.39 Å². The lowest BCUT2D eigenvalue weighted by atomic mass is 9.95. The highest BCUT2D eigenvalue weighted by atomic mass is 19.1. The Bertz CT molecular complexity index is 714. The largest absolute Gasteiger partial charge is 0.366 e. The fourth-order valence-electron chi connectivity index (χ4n) is 3.05. The molecule has 2 aromatic rings. The van der Waals surface area contributed by atoms with Gasteiger partial charge in [0, 0.05) is 31.5 Å². The van der Waals surface area contributed by atoms with E-state index in [4.69, 9.17) is 11.0 Å². The highest BCUT2D eigenvalue weighted by Gasteiger charge is 2.27. The summed E-state index contributed by atoms with van der Waals surface area (Å²) in [6, 6.07) is 3.22. The summed E-state index contributed by atoms with van der Waals surface area (Å²) in [7, 11) is 0. The molecule has 0 spiro atoms. The lowest BCUT2D eigenvalue weighted by molar-refractivity contribution is 0.399. The SMILES string of the molecule is C[C@H]1C[C@@H](N)CN(c2c(F)cc(C#N)c3nccnc23)C1. The fourth-order valence-corrected chi connectivity index (χ4v) is 3.05. The maximum atomic E-state index is 14.5. The van der Waals surface area contributed by atoms with Crippen molar-refractivity contribution in [3.8, 4) is 6.07 Å². The zero-order chi connectivity index (χ0) is 15.0. The van der Waals surface area contributed by atoms with E-state index in [1.807, 2.05) is 11.0 Å². The Morgan fingerprint density at radius 1 is 1.33 bits per heavy atom. The first-order chi connectivity index (χ1) is 10.1. The van der Waals surface area contributed by atoms with Crippen LogP contribution in [0, 0.1) is 23.1 Å². The number of fused-ring (bicyclic) bond motifs is 1. The molecule has 0 bridgehead atoms. The van der Waals surface area contributed by atoms with Gasteiger partial charge in [-0.1, -0.05) is 6.92 Å². The maximum Gasteiger partial charge on any atom is 0.150 e. The summed E-state index contributed by atoms with van der Waals surface area (Å²) in [4.78, 5) is 10.3. The highest BCUT2D eigenvalue weighted by molar-refractivity contribution is 5.92. The van der Waals surface area contributed by atoms with Crippen molar-refractivity contribution < 1.29 is 4.39 Å². The van der Waals surface area contributed by atoms with Crippen LogP contribution in [0.25, 0.3) is 11.0 Å². The first kappa shape index (κ1) is 13.7. The number of hydrogen-bond donors (Lipinski definition) is 1. The fraction of sp³-hybridized carbons (Fsp3) is 0.400. The third-order valence-corrected chi connectivity index (χ3v) is 3.80. The van der Waals surface area contributed by atoms with Crippen molar-refractivity contribution in [2.24, 2.45) is 11.7 Å². The molecule has 0 radical (unpaired) electrons. The van der Waals surface area contributed by atoms with Gasteiger partial charge >= 0.3 is 0 Å². The van der Waals surface area contributed by atoms with Gasteiger partial charge in [0.05, 0.1) is 5.56 Å². The van der Waals surface area contributed by atoms with Gasteiger partial charge in [-0.3, -0.25) is 9.97 Å². The highest BCUT2D eigenvalue weighted by Crippen LogP contribution is 2.32. The monoisotopic (exact) mass is 285 g/mol. The number of anilines is 1. The van der Waals surface area contributed by atoms with E-state index in [2.05, 4.69) is 16.9 Å². The second-order valence-corrected chi connectivity index (χ2v) is 5.63. The molecular formula is C15H16FN5. The topological polar surface area (TPSA) is 78.8 Å². The van der Waals surface area contributed by atoms with Gasteiger partial charge in [-0.15, -0.1) is 0 Å². The summed E-state index contributed by atoms with van der Waals surface area (Å²) in [5.41, 5.74) is 7.51. The molecule has 2 N–H and O–H groups in total. The van der Waals surface area contributed by atoms with Crippen molar-refractivity contribution >= 4 is 16.7 Å². The molecule has 0 saturated carbocycles. The standard InChI is InChI=1S/C15H16FN5/c1-9-4-11(18)8-21(7-9)15-12(16)5-10(6-17)13-14(15)20-3-2-19-13/h2-3,5,9,11H,4,7-8,18H2,1H3/t9-,11+/m0/s1. The smallest absolute Gasteiger partial charge is 0.150 e. The van der Waals surface area contributed by atoms with Crippen LogP contribution in [-0.4, -0.2) is 29.1 Å². The third-order valence-electron chi connectivity index (χ3n) is 3.80. The number of aromatic nitrogens is 2. The molecule has 2 heterocycles. The zero-order valence-electron chi connectivity index (χ0n) is 11.8. The van der Waals surface area contributed by atoms with Crippen LogP contribution in [0.5, 0.6) is 0 Å². The Morgan fingerprint density at radius 2 is 2.05 bits per heavy atom. The van der Waals surface area contributed by atoms with Crippen LogP contribution in [0.1, 0.15) is 18.9 Å². The number of nitrogens with zero attached hydrogens (tertiary/aromatic N) is 4. The molecule has 0 aliphatic carbocycles. The molecule has 5 nitrogen and oxygen atoms in total. The van der Waals surface area contributed by atoms with Gasteiger partial charge in [-0.2, -0.15) is 5.26 Å². The van der Waals surface area contributed by atoms with E-state index in [1.165, 1.54) is 18.5 Å². The van der Waals surface area contributed by atoms with Gasteiger partial charge in [0.1, 0.15) is 28.6 Å². The molecule has 1 saturated heterocycles. The van der Waals surface area contributed by atoms with Crippen LogP contribution in [0.3, 0.4) is 0 Å². The Hall–Kier alpha value is -2.26. The first-order valence-corrected chi connectivity index (χ1v) is 6.94. The quantitative estimate of drug-likeness (QED) is 0.864. The van der Waals surface area contributed by atoms with Crippen molar-refractivity contribution in [3.05, 3.63) is 29.8 Å². The van der Waals surface area contributed by atoms with Crippen molar-refractivity contribution in [1.29, 1.82) is 5.26 Å². The van der Waals surface area contributed by atoms with Crippen LogP contribution in [-0.2, 0) is 0 Å². The van der Waals surface area contributed by atoms with Crippen molar-refractivity contribution in [2.75, 3.05) is 18.0 Å². The van der Waals surface area contributed by atoms with Crippen LogP contribution in [0.15, 0.2) is 18.5 Å². The maximum absolute atomic E-state index is 14.5. The lowest BCUT2D eigenvalue weighted by Gasteiger charge is -2.36. The minimum absolute atomic E-state index is 0.00974. The van der Waals surface area contributed by atoms with Crippen LogP contribution in [0.4, 0.5) is 10.1 Å². The molecular weight excluding hydrogens is 269 g/mol. The lowest BCUT2D eigenvalue weighted by Crippen LogP contribution is -2.46. The molecule has 1 aliphatic rings. The molecule has 1 aromatic carbocycles. The predicted octanol–water partition coefficient (Wildman–Crippen LogP) is 1.81. The van der Waals surface area contributed by atoms with Crippen LogP contribution >= 0.6 is 0 Å². The van der Waals surface area contributed by atoms with Gasteiger partial charge in [0.2, 0.25) is 0 Å². The summed E-state index contributed by atoms with van der Waals surface area (Å²) in [5, 5.41) is 9.13. The van der Waals surface area contributed by atoms with E-state index in [9.17, 15) is 4.39 Å². The molecule has 0 unspecified atom stereocenters. The van der Waals surface area contributed by atoms with Crippen LogP contribution in [0.2, 0.25) is 0 Å². The summed E-state index contributed by atoms with van der Waals surface area (Å²) < 4.78 is 14.5. The molecule has 1 fully saturated rings. The molecule has 2 atom stereocenters. The number of hydrogen-bond acceptors (Lipinski definition) is 5. The number of rotatable bonds is 1. The average Bonchev–Trinajstić information content (AvgIpc) is 2.45. The van der Waals surface area contributed by atoms with E-state index in [0.29, 0.717) is 29.2 Å². The van der Waals surface area contributed by atoms with E-state index >= 15 is 0 Å². The summed E-state index contributed by atoms with van der Waals surface area (Å²) in [5.74, 6) is -0.0589. The van der Waals surface area contributed by atoms with Gasteiger partial charge in [0.25, 0.3) is 0 Å². The number of benzene rings is 1. The third kappa shape index (κ3) is 2.41. The van der Waals surface area contributed by atoms with Gasteiger partial charge < -0.3 is 10.6 Å².